The number of benzene rings is 2. The number of nitro benzene ring substituents is 1. The molecule has 0 fully saturated rings. The van der Waals surface area contributed by atoms with Gasteiger partial charge in [0.25, 0.3) is 5.69 Å². The van der Waals surface area contributed by atoms with Gasteiger partial charge in [-0.25, -0.2) is 4.79 Å². The first-order valence-electron chi connectivity index (χ1n) is 6.45. The van der Waals surface area contributed by atoms with E-state index in [-0.39, 0.29) is 17.1 Å². The molecular formula is C15H13N3O5. The Morgan fingerprint density at radius 3 is 2.17 bits per heavy atom. The Balaban J connectivity index is 2.05. The molecule has 2 aromatic carbocycles. The van der Waals surface area contributed by atoms with Crippen molar-refractivity contribution in [2.24, 2.45) is 10.9 Å². The zero-order chi connectivity index (χ0) is 16.8. The average molecular weight is 315 g/mol. The van der Waals surface area contributed by atoms with E-state index in [9.17, 15) is 14.9 Å². The molecule has 0 spiro atoms. The van der Waals surface area contributed by atoms with Crippen LogP contribution < -0.4 is 10.5 Å². The van der Waals surface area contributed by atoms with Crippen molar-refractivity contribution in [1.82, 2.24) is 0 Å². The number of ether oxygens (including phenoxy) is 1. The lowest BCUT2D eigenvalue weighted by Gasteiger charge is -2.02. The Hall–Kier alpha value is -3.42. The third-order valence-corrected chi connectivity index (χ3v) is 2.93. The molecule has 118 valence electrons. The zero-order valence-corrected chi connectivity index (χ0v) is 12.1. The quantitative estimate of drug-likeness (QED) is 0.297. The van der Waals surface area contributed by atoms with E-state index in [4.69, 9.17) is 15.3 Å². The van der Waals surface area contributed by atoms with Crippen LogP contribution in [0, 0.1) is 10.1 Å². The molecule has 8 nitrogen and oxygen atoms in total. The predicted molar refractivity (Wildman–Crippen MR) is 82.2 cm³/mol. The summed E-state index contributed by atoms with van der Waals surface area (Å²) in [7, 11) is 1.52. The van der Waals surface area contributed by atoms with Gasteiger partial charge in [-0.15, -0.1) is 0 Å². The largest absolute Gasteiger partial charge is 0.497 e. The highest BCUT2D eigenvalue weighted by atomic mass is 16.7. The highest BCUT2D eigenvalue weighted by molar-refractivity contribution is 5.98. The molecule has 0 heterocycles. The molecule has 23 heavy (non-hydrogen) atoms. The van der Waals surface area contributed by atoms with Crippen molar-refractivity contribution in [3.05, 3.63) is 69.8 Å². The molecule has 0 atom stereocenters. The Morgan fingerprint density at radius 2 is 1.65 bits per heavy atom. The highest BCUT2D eigenvalue weighted by Gasteiger charge is 2.09. The number of oxime groups is 1. The Bertz CT molecular complexity index is 739. The van der Waals surface area contributed by atoms with Crippen molar-refractivity contribution in [1.29, 1.82) is 0 Å². The van der Waals surface area contributed by atoms with E-state index in [0.29, 0.717) is 11.3 Å². The lowest BCUT2D eigenvalue weighted by Crippen LogP contribution is -2.15. The van der Waals surface area contributed by atoms with Gasteiger partial charge in [0.15, 0.2) is 5.84 Å². The third-order valence-electron chi connectivity index (χ3n) is 2.93. The summed E-state index contributed by atoms with van der Waals surface area (Å²) >= 11 is 0. The molecule has 0 saturated heterocycles. The molecule has 2 N–H and O–H groups in total. The molecule has 2 rings (SSSR count). The fourth-order valence-corrected chi connectivity index (χ4v) is 1.68. The van der Waals surface area contributed by atoms with E-state index in [1.165, 1.54) is 43.5 Å². The summed E-state index contributed by atoms with van der Waals surface area (Å²) in [6.07, 6.45) is 0. The van der Waals surface area contributed by atoms with Crippen LogP contribution in [0.25, 0.3) is 0 Å². The topological polar surface area (TPSA) is 117 Å². The number of nitrogens with two attached hydrogens (primary N) is 1. The van der Waals surface area contributed by atoms with Crippen molar-refractivity contribution >= 4 is 17.5 Å². The van der Waals surface area contributed by atoms with Gasteiger partial charge < -0.3 is 15.3 Å². The van der Waals surface area contributed by atoms with E-state index in [0.717, 1.165) is 0 Å². The maximum Gasteiger partial charge on any atom is 0.365 e. The minimum Gasteiger partial charge on any atom is -0.497 e. The fraction of sp³-hybridized carbons (Fsp3) is 0.0667. The molecule has 8 heteroatoms. The van der Waals surface area contributed by atoms with Gasteiger partial charge in [0.1, 0.15) is 5.75 Å². The van der Waals surface area contributed by atoms with Gasteiger partial charge in [0.2, 0.25) is 0 Å². The standard InChI is InChI=1S/C15H13N3O5/c1-22-13-8-4-11(5-9-13)15(19)23-17-14(16)10-2-6-12(7-3-10)18(20)21/h2-9H,1H3,(H2,16,17). The molecule has 0 bridgehead atoms. The molecular weight excluding hydrogens is 302 g/mol. The van der Waals surface area contributed by atoms with Crippen molar-refractivity contribution in [2.75, 3.05) is 7.11 Å². The summed E-state index contributed by atoms with van der Waals surface area (Å²) in [5, 5.41) is 14.1. The second kappa shape index (κ2) is 7.03. The Morgan fingerprint density at radius 1 is 1.09 bits per heavy atom. The lowest BCUT2D eigenvalue weighted by atomic mass is 10.2. The summed E-state index contributed by atoms with van der Waals surface area (Å²) in [4.78, 5) is 26.6. The lowest BCUT2D eigenvalue weighted by molar-refractivity contribution is -0.384. The zero-order valence-electron chi connectivity index (χ0n) is 12.1. The predicted octanol–water partition coefficient (Wildman–Crippen LogP) is 2.08. The number of carbonyl (C=O) groups is 1. The third kappa shape index (κ3) is 4.03. The number of rotatable bonds is 5. The smallest absolute Gasteiger partial charge is 0.365 e. The van der Waals surface area contributed by atoms with Crippen LogP contribution in [0.3, 0.4) is 0 Å². The Kier molecular flexibility index (Phi) is 4.88. The summed E-state index contributed by atoms with van der Waals surface area (Å²) < 4.78 is 4.98. The maximum atomic E-state index is 11.8. The second-order valence-electron chi connectivity index (χ2n) is 4.39. The van der Waals surface area contributed by atoms with Crippen LogP contribution in [0.2, 0.25) is 0 Å². The van der Waals surface area contributed by atoms with Gasteiger partial charge in [0.05, 0.1) is 17.6 Å². The second-order valence-corrected chi connectivity index (χ2v) is 4.39. The number of nitrogens with zero attached hydrogens (tertiary/aromatic N) is 2. The molecule has 2 aromatic rings. The van der Waals surface area contributed by atoms with Crippen LogP contribution in [0.1, 0.15) is 15.9 Å². The monoisotopic (exact) mass is 315 g/mol. The van der Waals surface area contributed by atoms with E-state index >= 15 is 0 Å². The molecule has 0 aliphatic rings. The van der Waals surface area contributed by atoms with Crippen LogP contribution in [-0.4, -0.2) is 23.8 Å². The first-order valence-corrected chi connectivity index (χ1v) is 6.45. The van der Waals surface area contributed by atoms with Crippen LogP contribution >= 0.6 is 0 Å². The molecule has 0 saturated carbocycles. The van der Waals surface area contributed by atoms with Gasteiger partial charge >= 0.3 is 5.97 Å². The molecule has 0 amide bonds. The van der Waals surface area contributed by atoms with Gasteiger partial charge in [0, 0.05) is 17.7 Å². The number of nitro groups is 1. The van der Waals surface area contributed by atoms with Crippen molar-refractivity contribution in [3.63, 3.8) is 0 Å². The first kappa shape index (κ1) is 16.0. The highest BCUT2D eigenvalue weighted by Crippen LogP contribution is 2.13. The van der Waals surface area contributed by atoms with Gasteiger partial charge in [-0.05, 0) is 36.4 Å². The minimum atomic E-state index is -0.683. The normalized spacial score (nSPS) is 10.9. The van der Waals surface area contributed by atoms with Crippen molar-refractivity contribution in [2.45, 2.75) is 0 Å². The fourth-order valence-electron chi connectivity index (χ4n) is 1.68. The molecule has 0 radical (unpaired) electrons. The van der Waals surface area contributed by atoms with E-state index in [1.54, 1.807) is 12.1 Å². The summed E-state index contributed by atoms with van der Waals surface area (Å²) in [6.45, 7) is 0. The average Bonchev–Trinajstić information content (AvgIpc) is 2.59. The van der Waals surface area contributed by atoms with Gasteiger partial charge in [-0.2, -0.15) is 0 Å². The number of hydrogen-bond acceptors (Lipinski definition) is 6. The number of methoxy groups -OCH3 is 1. The number of non-ortho nitro benzene ring substituents is 1. The molecule has 0 aromatic heterocycles. The van der Waals surface area contributed by atoms with Gasteiger partial charge in [-0.3, -0.25) is 10.1 Å². The van der Waals surface area contributed by atoms with E-state index < -0.39 is 10.9 Å². The SMILES string of the molecule is COc1ccc(C(=O)O/N=C(/N)c2ccc([N+](=O)[O-])cc2)cc1. The van der Waals surface area contributed by atoms with Crippen molar-refractivity contribution < 1.29 is 19.3 Å². The Labute approximate surface area is 131 Å². The van der Waals surface area contributed by atoms with Crippen LogP contribution in [0.4, 0.5) is 5.69 Å². The van der Waals surface area contributed by atoms with Crippen molar-refractivity contribution in [3.8, 4) is 5.75 Å². The first-order chi connectivity index (χ1) is 11.0. The number of hydrogen-bond donors (Lipinski definition) is 1. The number of amidine groups is 1. The van der Waals surface area contributed by atoms with E-state index in [2.05, 4.69) is 5.16 Å². The summed E-state index contributed by atoms with van der Waals surface area (Å²) in [6, 6.07) is 11.7. The number of carbonyl (C=O) groups excluding carboxylic acids is 1. The van der Waals surface area contributed by atoms with Crippen LogP contribution in [0.15, 0.2) is 53.7 Å². The molecule has 0 aliphatic heterocycles. The summed E-state index contributed by atoms with van der Waals surface area (Å²) in [5.74, 6) is -0.144. The minimum absolute atomic E-state index is 0.0678. The molecule has 0 aliphatic carbocycles. The van der Waals surface area contributed by atoms with Crippen LogP contribution in [0.5, 0.6) is 5.75 Å². The maximum absolute atomic E-state index is 11.8. The molecule has 0 unspecified atom stereocenters. The summed E-state index contributed by atoms with van der Waals surface area (Å²) in [5.41, 5.74) is 6.29. The van der Waals surface area contributed by atoms with Gasteiger partial charge in [-0.1, -0.05) is 5.16 Å². The van der Waals surface area contributed by atoms with Crippen LogP contribution in [-0.2, 0) is 4.84 Å². The van der Waals surface area contributed by atoms with E-state index in [1.807, 2.05) is 0 Å².